The van der Waals surface area contributed by atoms with Crippen molar-refractivity contribution < 1.29 is 0 Å². The third-order valence-electron chi connectivity index (χ3n) is 6.84. The lowest BCUT2D eigenvalue weighted by Gasteiger charge is -2.49. The van der Waals surface area contributed by atoms with Crippen LogP contribution in [0.2, 0.25) is 5.02 Å². The summed E-state index contributed by atoms with van der Waals surface area (Å²) in [6.07, 6.45) is 5.40. The molecule has 4 rings (SSSR count). The topological polar surface area (TPSA) is 83.0 Å². The molecule has 174 valence electrons. The number of halogens is 1. The van der Waals surface area contributed by atoms with Crippen molar-refractivity contribution >= 4 is 28.3 Å². The maximum atomic E-state index is 12.8. The van der Waals surface area contributed by atoms with Crippen LogP contribution >= 0.6 is 11.6 Å². The fraction of sp³-hybridized carbons (Fsp3) is 0.500. The molecule has 8 nitrogen and oxygen atoms in total. The molecule has 1 aliphatic heterocycles. The van der Waals surface area contributed by atoms with Gasteiger partial charge in [-0.25, -0.2) is 0 Å². The number of aryl methyl sites for hydroxylation is 1. The molecule has 33 heavy (non-hydrogen) atoms. The van der Waals surface area contributed by atoms with Gasteiger partial charge in [-0.05, 0) is 31.9 Å². The van der Waals surface area contributed by atoms with Crippen LogP contribution in [0.3, 0.4) is 0 Å². The molecule has 1 fully saturated rings. The molecule has 9 heteroatoms. The number of anilines is 1. The minimum absolute atomic E-state index is 0.0712. The second-order valence-corrected chi connectivity index (χ2v) is 9.13. The lowest BCUT2D eigenvalue weighted by Crippen LogP contribution is -2.58. The Bertz CT molecular complexity index is 1230. The van der Waals surface area contributed by atoms with E-state index in [2.05, 4.69) is 46.7 Å². The third kappa shape index (κ3) is 4.35. The zero-order valence-electron chi connectivity index (χ0n) is 19.6. The van der Waals surface area contributed by atoms with Crippen LogP contribution in [-0.2, 0) is 13.6 Å². The highest BCUT2D eigenvalue weighted by Crippen LogP contribution is 2.34. The van der Waals surface area contributed by atoms with Gasteiger partial charge in [-0.15, -0.1) is 0 Å². The SMILES string of the molecule is CC[C@H]1CN(C(C)c2ccc(Cl)cn2)[C@H](CC)CN1c1cc(=O)n(C)c2cn(CC#N)nc12. The van der Waals surface area contributed by atoms with E-state index in [1.165, 1.54) is 0 Å². The molecule has 3 atom stereocenters. The summed E-state index contributed by atoms with van der Waals surface area (Å²) in [7, 11) is 1.75. The standard InChI is InChI=1S/C24H30ClN7O/c1-5-18-14-32(19(6-2)13-31(18)16(3)20-8-7-17(25)12-27-20)21-11-23(33)29(4)22-15-30(10-9-26)28-24(21)22/h7-8,11-12,15-16,18-19H,5-6,10,13-14H2,1-4H3/t16?,18-,19+/m1/s1. The zero-order valence-corrected chi connectivity index (χ0v) is 20.3. The smallest absolute Gasteiger partial charge is 0.252 e. The highest BCUT2D eigenvalue weighted by molar-refractivity contribution is 6.30. The Morgan fingerprint density at radius 2 is 2.00 bits per heavy atom. The Labute approximate surface area is 199 Å². The Hall–Kier alpha value is -2.89. The van der Waals surface area contributed by atoms with E-state index in [0.29, 0.717) is 11.1 Å². The maximum Gasteiger partial charge on any atom is 0.252 e. The summed E-state index contributed by atoms with van der Waals surface area (Å²) < 4.78 is 3.21. The molecule has 0 spiro atoms. The predicted octanol–water partition coefficient (Wildman–Crippen LogP) is 3.75. The molecule has 1 aliphatic rings. The van der Waals surface area contributed by atoms with Gasteiger partial charge in [0.1, 0.15) is 12.1 Å². The quantitative estimate of drug-likeness (QED) is 0.549. The van der Waals surface area contributed by atoms with Crippen LogP contribution in [0.1, 0.15) is 45.3 Å². The Morgan fingerprint density at radius 1 is 1.24 bits per heavy atom. The lowest BCUT2D eigenvalue weighted by molar-refractivity contribution is 0.0991. The van der Waals surface area contributed by atoms with Crippen LogP contribution in [-0.4, -0.2) is 49.4 Å². The summed E-state index contributed by atoms with van der Waals surface area (Å²) in [5, 5.41) is 14.4. The molecule has 1 saturated heterocycles. The predicted molar refractivity (Wildman–Crippen MR) is 130 cm³/mol. The molecule has 0 saturated carbocycles. The Balaban J connectivity index is 1.72. The first-order valence-electron chi connectivity index (χ1n) is 11.5. The molecule has 3 aromatic rings. The van der Waals surface area contributed by atoms with Crippen LogP contribution in [0.5, 0.6) is 0 Å². The average molecular weight is 468 g/mol. The van der Waals surface area contributed by atoms with Crippen LogP contribution in [0.4, 0.5) is 5.69 Å². The van der Waals surface area contributed by atoms with Crippen molar-refractivity contribution in [1.82, 2.24) is 24.2 Å². The molecule has 0 amide bonds. The number of piperazine rings is 1. The van der Waals surface area contributed by atoms with Gasteiger partial charge in [0, 0.05) is 50.5 Å². The van der Waals surface area contributed by atoms with Gasteiger partial charge in [0.05, 0.1) is 34.2 Å². The van der Waals surface area contributed by atoms with E-state index in [1.807, 2.05) is 12.1 Å². The molecular formula is C24H30ClN7O. The summed E-state index contributed by atoms with van der Waals surface area (Å²) in [6.45, 7) is 8.37. The number of rotatable bonds is 6. The number of pyridine rings is 2. The minimum atomic E-state index is -0.0712. The summed E-state index contributed by atoms with van der Waals surface area (Å²) in [5.74, 6) is 0. The van der Waals surface area contributed by atoms with Crippen LogP contribution < -0.4 is 10.5 Å². The fourth-order valence-electron chi connectivity index (χ4n) is 4.87. The van der Waals surface area contributed by atoms with Crippen molar-refractivity contribution in [2.75, 3.05) is 18.0 Å². The van der Waals surface area contributed by atoms with Crippen molar-refractivity contribution in [3.63, 3.8) is 0 Å². The summed E-state index contributed by atoms with van der Waals surface area (Å²) in [5.41, 5.74) is 3.30. The first-order valence-corrected chi connectivity index (χ1v) is 11.8. The van der Waals surface area contributed by atoms with E-state index >= 15 is 0 Å². The van der Waals surface area contributed by atoms with Gasteiger partial charge in [0.2, 0.25) is 0 Å². The molecule has 0 aliphatic carbocycles. The zero-order chi connectivity index (χ0) is 23.7. The van der Waals surface area contributed by atoms with Crippen LogP contribution in [0.15, 0.2) is 35.4 Å². The average Bonchev–Trinajstić information content (AvgIpc) is 3.25. The summed E-state index contributed by atoms with van der Waals surface area (Å²) in [4.78, 5) is 22.2. The van der Waals surface area contributed by atoms with E-state index in [4.69, 9.17) is 16.9 Å². The number of nitriles is 1. The van der Waals surface area contributed by atoms with Crippen LogP contribution in [0.25, 0.3) is 11.0 Å². The molecular weight excluding hydrogens is 438 g/mol. The van der Waals surface area contributed by atoms with Gasteiger partial charge in [0.25, 0.3) is 5.56 Å². The first kappa shape index (κ1) is 23.3. The Kier molecular flexibility index (Phi) is 6.73. The molecule has 4 heterocycles. The fourth-order valence-corrected chi connectivity index (χ4v) is 4.98. The first-order chi connectivity index (χ1) is 15.9. The van der Waals surface area contributed by atoms with E-state index in [0.717, 1.165) is 48.3 Å². The molecule has 0 aromatic carbocycles. The van der Waals surface area contributed by atoms with Gasteiger partial charge in [-0.3, -0.25) is 19.4 Å². The number of fused-ring (bicyclic) bond motifs is 1. The summed E-state index contributed by atoms with van der Waals surface area (Å²) >= 11 is 6.05. The Morgan fingerprint density at radius 3 is 2.64 bits per heavy atom. The van der Waals surface area contributed by atoms with Crippen molar-refractivity contribution in [2.45, 2.75) is 58.3 Å². The van der Waals surface area contributed by atoms with Gasteiger partial charge in [0.15, 0.2) is 0 Å². The van der Waals surface area contributed by atoms with Crippen LogP contribution in [0, 0.1) is 11.3 Å². The van der Waals surface area contributed by atoms with Gasteiger partial charge in [-0.1, -0.05) is 25.4 Å². The van der Waals surface area contributed by atoms with E-state index in [1.54, 1.807) is 34.8 Å². The molecule has 3 aromatic heterocycles. The van der Waals surface area contributed by atoms with Gasteiger partial charge in [-0.2, -0.15) is 10.4 Å². The van der Waals surface area contributed by atoms with Crippen molar-refractivity contribution in [2.24, 2.45) is 7.05 Å². The normalized spacial score (nSPS) is 20.2. The third-order valence-corrected chi connectivity index (χ3v) is 7.06. The van der Waals surface area contributed by atoms with Gasteiger partial charge < -0.3 is 9.47 Å². The van der Waals surface area contributed by atoms with E-state index in [-0.39, 0.29) is 24.2 Å². The summed E-state index contributed by atoms with van der Waals surface area (Å²) in [6, 6.07) is 8.38. The largest absolute Gasteiger partial charge is 0.364 e. The monoisotopic (exact) mass is 467 g/mol. The second kappa shape index (κ2) is 9.54. The van der Waals surface area contributed by atoms with Crippen molar-refractivity contribution in [3.8, 4) is 6.07 Å². The molecule has 0 radical (unpaired) electrons. The number of hydrogen-bond donors (Lipinski definition) is 0. The highest BCUT2D eigenvalue weighted by Gasteiger charge is 2.36. The minimum Gasteiger partial charge on any atom is -0.364 e. The molecule has 0 N–H and O–H groups in total. The second-order valence-electron chi connectivity index (χ2n) is 8.70. The molecule has 1 unspecified atom stereocenters. The maximum absolute atomic E-state index is 12.8. The van der Waals surface area contributed by atoms with Crippen molar-refractivity contribution in [1.29, 1.82) is 5.26 Å². The molecule has 0 bridgehead atoms. The highest BCUT2D eigenvalue weighted by atomic mass is 35.5. The number of hydrogen-bond acceptors (Lipinski definition) is 6. The van der Waals surface area contributed by atoms with E-state index in [9.17, 15) is 4.79 Å². The number of aromatic nitrogens is 4. The van der Waals surface area contributed by atoms with Gasteiger partial charge >= 0.3 is 0 Å². The lowest BCUT2D eigenvalue weighted by atomic mass is 9.98. The van der Waals surface area contributed by atoms with E-state index < -0.39 is 0 Å². The van der Waals surface area contributed by atoms with Crippen molar-refractivity contribution in [3.05, 3.63) is 51.7 Å². The number of nitrogens with zero attached hydrogens (tertiary/aromatic N) is 7.